The average molecular weight is 257 g/mol. The number of carbonyl (C=O) groups excluding carboxylic acids is 2. The van der Waals surface area contributed by atoms with Crippen molar-refractivity contribution in [1.82, 2.24) is 0 Å². The van der Waals surface area contributed by atoms with E-state index in [0.717, 1.165) is 5.56 Å². The summed E-state index contributed by atoms with van der Waals surface area (Å²) in [7, 11) is 0. The van der Waals surface area contributed by atoms with Gasteiger partial charge in [0.1, 0.15) is 6.61 Å². The van der Waals surface area contributed by atoms with Crippen molar-refractivity contribution in [3.63, 3.8) is 0 Å². The maximum absolute atomic E-state index is 10.8. The van der Waals surface area contributed by atoms with E-state index in [4.69, 9.17) is 4.74 Å². The molecule has 0 saturated carbocycles. The largest absolute Gasteiger partial charge is 0.457 e. The summed E-state index contributed by atoms with van der Waals surface area (Å²) in [6.45, 7) is 0.439. The van der Waals surface area contributed by atoms with Crippen molar-refractivity contribution in [3.8, 4) is 0 Å². The van der Waals surface area contributed by atoms with Crippen molar-refractivity contribution in [2.45, 2.75) is 13.0 Å². The number of benzene rings is 1. The molecule has 0 unspecified atom stereocenters. The van der Waals surface area contributed by atoms with Crippen LogP contribution in [0.5, 0.6) is 0 Å². The first-order valence-electron chi connectivity index (χ1n) is 4.87. The van der Waals surface area contributed by atoms with Crippen LogP contribution in [0.2, 0.25) is 0 Å². The normalized spacial score (nSPS) is 15.1. The fraction of sp³-hybridized carbons (Fsp3) is 0.167. The molecule has 0 amide bonds. The van der Waals surface area contributed by atoms with Crippen LogP contribution in [0.15, 0.2) is 36.6 Å². The Balaban J connectivity index is 0.000000180. The number of ether oxygens (including phenoxy) is 2. The SMILES string of the molecule is O=C1CC=CO1.O=C1OCc2ccccc21.[K]. The molecule has 2 aliphatic rings. The molecule has 17 heavy (non-hydrogen) atoms. The van der Waals surface area contributed by atoms with Crippen LogP contribution in [-0.4, -0.2) is 63.3 Å². The van der Waals surface area contributed by atoms with Crippen LogP contribution in [0.4, 0.5) is 0 Å². The average Bonchev–Trinajstić information content (AvgIpc) is 2.91. The van der Waals surface area contributed by atoms with Gasteiger partial charge < -0.3 is 9.47 Å². The molecule has 2 heterocycles. The molecule has 4 nitrogen and oxygen atoms in total. The summed E-state index contributed by atoms with van der Waals surface area (Å²) in [6.07, 6.45) is 3.53. The molecule has 0 bridgehead atoms. The summed E-state index contributed by atoms with van der Waals surface area (Å²) in [5.74, 6) is -0.356. The Kier molecular flexibility index (Phi) is 6.08. The van der Waals surface area contributed by atoms with Gasteiger partial charge >= 0.3 is 11.9 Å². The molecule has 1 aromatic rings. The Morgan fingerprint density at radius 3 is 2.41 bits per heavy atom. The van der Waals surface area contributed by atoms with Gasteiger partial charge in [0.25, 0.3) is 0 Å². The first-order chi connectivity index (χ1) is 7.77. The third-order valence-electron chi connectivity index (χ3n) is 2.18. The van der Waals surface area contributed by atoms with E-state index in [9.17, 15) is 9.59 Å². The van der Waals surface area contributed by atoms with Crippen LogP contribution < -0.4 is 0 Å². The zero-order valence-electron chi connectivity index (χ0n) is 9.51. The minimum Gasteiger partial charge on any atom is -0.457 e. The molecule has 0 N–H and O–H groups in total. The molecule has 1 aromatic carbocycles. The van der Waals surface area contributed by atoms with Crippen LogP contribution in [0.1, 0.15) is 22.3 Å². The van der Waals surface area contributed by atoms with E-state index in [1.54, 1.807) is 12.1 Å². The molecular formula is C12H10KO4. The Morgan fingerprint density at radius 2 is 1.88 bits per heavy atom. The van der Waals surface area contributed by atoms with Crippen molar-refractivity contribution >= 4 is 63.3 Å². The molecule has 1 radical (unpaired) electrons. The minimum atomic E-state index is -0.199. The smallest absolute Gasteiger partial charge is 0.338 e. The first kappa shape index (κ1) is 14.6. The van der Waals surface area contributed by atoms with E-state index in [1.807, 2.05) is 18.2 Å². The second kappa shape index (κ2) is 7.08. The van der Waals surface area contributed by atoms with Gasteiger partial charge in [-0.3, -0.25) is 4.79 Å². The van der Waals surface area contributed by atoms with Gasteiger partial charge in [-0.15, -0.1) is 0 Å². The third kappa shape index (κ3) is 4.04. The van der Waals surface area contributed by atoms with Gasteiger partial charge in [0, 0.05) is 56.9 Å². The maximum atomic E-state index is 10.8. The van der Waals surface area contributed by atoms with Gasteiger partial charge in [-0.25, -0.2) is 4.79 Å². The predicted molar refractivity (Wildman–Crippen MR) is 61.2 cm³/mol. The van der Waals surface area contributed by atoms with Gasteiger partial charge in [0.2, 0.25) is 0 Å². The van der Waals surface area contributed by atoms with Gasteiger partial charge in [0.05, 0.1) is 18.2 Å². The van der Waals surface area contributed by atoms with Crippen molar-refractivity contribution in [2.24, 2.45) is 0 Å². The second-order valence-electron chi connectivity index (χ2n) is 3.30. The minimum absolute atomic E-state index is 0. The third-order valence-corrected chi connectivity index (χ3v) is 2.18. The summed E-state index contributed by atoms with van der Waals surface area (Å²) >= 11 is 0. The molecule has 2 aliphatic heterocycles. The quantitative estimate of drug-likeness (QED) is 0.521. The Morgan fingerprint density at radius 1 is 1.12 bits per heavy atom. The van der Waals surface area contributed by atoms with Crippen LogP contribution in [0.25, 0.3) is 0 Å². The van der Waals surface area contributed by atoms with Crippen molar-refractivity contribution in [1.29, 1.82) is 0 Å². The van der Waals surface area contributed by atoms with E-state index in [0.29, 0.717) is 18.6 Å². The molecule has 0 spiro atoms. The zero-order valence-corrected chi connectivity index (χ0v) is 12.6. The molecule has 0 aliphatic carbocycles. The standard InChI is InChI=1S/C8H6O2.C4H4O2.K/c9-8-7-4-2-1-3-6(7)5-10-8;5-4-2-1-3-6-4;/h1-4H,5H2;1,3H,2H2;. The van der Waals surface area contributed by atoms with Crippen molar-refractivity contribution < 1.29 is 19.1 Å². The van der Waals surface area contributed by atoms with Gasteiger partial charge in [-0.2, -0.15) is 0 Å². The van der Waals surface area contributed by atoms with Crippen LogP contribution in [0, 0.1) is 0 Å². The molecule has 5 heteroatoms. The topological polar surface area (TPSA) is 52.6 Å². The number of hydrogen-bond acceptors (Lipinski definition) is 4. The van der Waals surface area contributed by atoms with E-state index in [-0.39, 0.29) is 63.3 Å². The summed E-state index contributed by atoms with van der Waals surface area (Å²) in [5, 5.41) is 0. The molecule has 0 fully saturated rings. The van der Waals surface area contributed by atoms with E-state index < -0.39 is 0 Å². The van der Waals surface area contributed by atoms with Crippen molar-refractivity contribution in [2.75, 3.05) is 0 Å². The maximum Gasteiger partial charge on any atom is 0.338 e. The fourth-order valence-corrected chi connectivity index (χ4v) is 1.38. The van der Waals surface area contributed by atoms with E-state index in [1.165, 1.54) is 6.26 Å². The number of carbonyl (C=O) groups is 2. The van der Waals surface area contributed by atoms with Crippen LogP contribution in [0.3, 0.4) is 0 Å². The number of hydrogen-bond donors (Lipinski definition) is 0. The van der Waals surface area contributed by atoms with Gasteiger partial charge in [-0.05, 0) is 12.1 Å². The number of rotatable bonds is 0. The predicted octanol–water partition coefficient (Wildman–Crippen LogP) is 1.42. The molecule has 0 aromatic heterocycles. The Hall–Kier alpha value is -0.464. The number of cyclic esters (lactones) is 2. The molecule has 83 valence electrons. The summed E-state index contributed by atoms with van der Waals surface area (Å²) in [4.78, 5) is 20.8. The number of esters is 2. The molecule has 0 saturated heterocycles. The van der Waals surface area contributed by atoms with Crippen LogP contribution >= 0.6 is 0 Å². The fourth-order valence-electron chi connectivity index (χ4n) is 1.38. The summed E-state index contributed by atoms with van der Waals surface area (Å²) in [5.41, 5.74) is 1.70. The Labute approximate surface area is 141 Å². The molecular weight excluding hydrogens is 247 g/mol. The second-order valence-corrected chi connectivity index (χ2v) is 3.30. The summed E-state index contributed by atoms with van der Waals surface area (Å²) in [6, 6.07) is 7.43. The monoisotopic (exact) mass is 257 g/mol. The summed E-state index contributed by atoms with van der Waals surface area (Å²) < 4.78 is 9.12. The molecule has 0 atom stereocenters. The van der Waals surface area contributed by atoms with Gasteiger partial charge in [0.15, 0.2) is 0 Å². The van der Waals surface area contributed by atoms with Crippen LogP contribution in [-0.2, 0) is 20.9 Å². The first-order valence-corrected chi connectivity index (χ1v) is 4.87. The van der Waals surface area contributed by atoms with Gasteiger partial charge in [-0.1, -0.05) is 18.2 Å². The van der Waals surface area contributed by atoms with Crippen molar-refractivity contribution in [3.05, 3.63) is 47.7 Å². The van der Waals surface area contributed by atoms with E-state index >= 15 is 0 Å². The zero-order chi connectivity index (χ0) is 11.4. The van der Waals surface area contributed by atoms with E-state index in [2.05, 4.69) is 4.74 Å². The Bertz CT molecular complexity index is 444. The molecule has 3 rings (SSSR count). The number of fused-ring (bicyclic) bond motifs is 1.